The van der Waals surface area contributed by atoms with Crippen LogP contribution in [0.1, 0.15) is 5.56 Å². The van der Waals surface area contributed by atoms with E-state index >= 15 is 0 Å². The Balaban J connectivity index is 2.40. The second kappa shape index (κ2) is 3.36. The van der Waals surface area contributed by atoms with E-state index in [-0.39, 0.29) is 24.3 Å². The molecule has 1 aromatic rings. The largest absolute Gasteiger partial charge is 0.484 e. The van der Waals surface area contributed by atoms with Crippen LogP contribution in [0.2, 0.25) is 0 Å². The normalized spacial score (nSPS) is 15.1. The van der Waals surface area contributed by atoms with Gasteiger partial charge in [-0.25, -0.2) is 0 Å². The Labute approximate surface area is 88.4 Å². The zero-order valence-corrected chi connectivity index (χ0v) is 7.99. The van der Waals surface area contributed by atoms with Gasteiger partial charge in [-0.1, -0.05) is 0 Å². The third-order valence-corrected chi connectivity index (χ3v) is 2.48. The molecule has 86 valence electrons. The lowest BCUT2D eigenvalue weighted by molar-refractivity contribution is -0.384. The molecule has 0 amide bonds. The number of hydrogen-bond donors (Lipinski definition) is 0. The highest BCUT2D eigenvalue weighted by Gasteiger charge is 2.41. The van der Waals surface area contributed by atoms with Gasteiger partial charge in [0.2, 0.25) is 0 Å². The smallest absolute Gasteiger partial charge is 0.283 e. The fourth-order valence-electron chi connectivity index (χ4n) is 1.77. The van der Waals surface area contributed by atoms with Crippen LogP contribution in [0.15, 0.2) is 18.2 Å². The van der Waals surface area contributed by atoms with Gasteiger partial charge in [-0.05, 0) is 18.1 Å². The van der Waals surface area contributed by atoms with Gasteiger partial charge < -0.3 is 0 Å². The van der Waals surface area contributed by atoms with Crippen LogP contribution in [-0.4, -0.2) is 17.8 Å². The van der Waals surface area contributed by atoms with Gasteiger partial charge in [-0.2, -0.15) is 13.2 Å². The van der Waals surface area contributed by atoms with Gasteiger partial charge in [0.1, 0.15) is 0 Å². The Morgan fingerprint density at radius 1 is 1.38 bits per heavy atom. The second-order valence-corrected chi connectivity index (χ2v) is 3.44. The summed E-state index contributed by atoms with van der Waals surface area (Å²) < 4.78 is 37.5. The quantitative estimate of drug-likeness (QED) is 0.424. The number of nitro benzene ring substituents is 1. The van der Waals surface area contributed by atoms with Crippen LogP contribution in [0.5, 0.6) is 0 Å². The van der Waals surface area contributed by atoms with Gasteiger partial charge in [0.05, 0.1) is 4.92 Å². The Bertz CT molecular complexity index is 445. The van der Waals surface area contributed by atoms with Crippen LogP contribution in [0.25, 0.3) is 0 Å². The highest BCUT2D eigenvalue weighted by Crippen LogP contribution is 2.37. The Kier molecular flexibility index (Phi) is 2.25. The zero-order chi connectivity index (χ0) is 11.9. The minimum atomic E-state index is -4.43. The van der Waals surface area contributed by atoms with Crippen molar-refractivity contribution in [2.24, 2.45) is 0 Å². The molecule has 1 aliphatic rings. The van der Waals surface area contributed by atoms with Crippen LogP contribution in [-0.2, 0) is 6.42 Å². The molecule has 4 nitrogen and oxygen atoms in total. The van der Waals surface area contributed by atoms with Crippen molar-refractivity contribution in [3.8, 4) is 0 Å². The molecule has 0 bridgehead atoms. The fraction of sp³-hybridized carbons (Fsp3) is 0.333. The molecule has 0 aliphatic carbocycles. The van der Waals surface area contributed by atoms with Crippen LogP contribution in [0.4, 0.5) is 24.5 Å². The Hall–Kier alpha value is -1.79. The molecule has 1 aromatic carbocycles. The summed E-state index contributed by atoms with van der Waals surface area (Å²) in [5.41, 5.74) is 0.201. The number of non-ortho nitro benzene ring substituents is 1. The minimum absolute atomic E-state index is 0.0121. The average Bonchev–Trinajstić information content (AvgIpc) is 2.58. The molecule has 0 radical (unpaired) electrons. The lowest BCUT2D eigenvalue weighted by atomic mass is 10.1. The predicted molar refractivity (Wildman–Crippen MR) is 50.2 cm³/mol. The zero-order valence-electron chi connectivity index (χ0n) is 7.99. The van der Waals surface area contributed by atoms with E-state index in [1.807, 2.05) is 0 Å². The monoisotopic (exact) mass is 232 g/mol. The first kappa shape index (κ1) is 10.7. The Morgan fingerprint density at radius 2 is 2.06 bits per heavy atom. The molecule has 7 heteroatoms. The lowest BCUT2D eigenvalue weighted by Crippen LogP contribution is -2.36. The van der Waals surface area contributed by atoms with E-state index in [0.29, 0.717) is 10.5 Å². The molecule has 1 heterocycles. The average molecular weight is 232 g/mol. The minimum Gasteiger partial charge on any atom is -0.283 e. The topological polar surface area (TPSA) is 46.4 Å². The van der Waals surface area contributed by atoms with E-state index in [2.05, 4.69) is 0 Å². The van der Waals surface area contributed by atoms with Crippen molar-refractivity contribution in [3.63, 3.8) is 0 Å². The van der Waals surface area contributed by atoms with E-state index in [0.717, 1.165) is 12.1 Å². The maximum absolute atomic E-state index is 12.5. The first-order valence-corrected chi connectivity index (χ1v) is 4.51. The number of hydrogen-bond acceptors (Lipinski definition) is 3. The van der Waals surface area contributed by atoms with Gasteiger partial charge >= 0.3 is 6.30 Å². The maximum Gasteiger partial charge on any atom is 0.484 e. The highest BCUT2D eigenvalue weighted by molar-refractivity contribution is 5.61. The predicted octanol–water partition coefficient (Wildman–Crippen LogP) is 2.48. The first-order valence-electron chi connectivity index (χ1n) is 4.51. The number of nitro groups is 1. The number of anilines is 1. The molecule has 0 unspecified atom stereocenters. The fourth-order valence-corrected chi connectivity index (χ4v) is 1.77. The summed E-state index contributed by atoms with van der Waals surface area (Å²) in [6.07, 6.45) is -4.25. The first-order chi connectivity index (χ1) is 7.39. The molecule has 16 heavy (non-hydrogen) atoms. The molecule has 0 atom stereocenters. The van der Waals surface area contributed by atoms with E-state index in [4.69, 9.17) is 0 Å². The number of alkyl halides is 3. The summed E-state index contributed by atoms with van der Waals surface area (Å²) in [7, 11) is 0. The molecule has 2 rings (SSSR count). The number of benzene rings is 1. The summed E-state index contributed by atoms with van der Waals surface area (Å²) in [6, 6.07) is 3.43. The van der Waals surface area contributed by atoms with Crippen LogP contribution >= 0.6 is 0 Å². The van der Waals surface area contributed by atoms with Crippen molar-refractivity contribution in [2.45, 2.75) is 12.7 Å². The third kappa shape index (κ3) is 1.68. The SMILES string of the molecule is O=[N+]([O-])c1ccc2c(c1)CCN2C(F)(F)F. The molecule has 1 aliphatic heterocycles. The van der Waals surface area contributed by atoms with Crippen molar-refractivity contribution in [2.75, 3.05) is 11.4 Å². The highest BCUT2D eigenvalue weighted by atomic mass is 19.4. The van der Waals surface area contributed by atoms with Crippen molar-refractivity contribution in [1.29, 1.82) is 0 Å². The van der Waals surface area contributed by atoms with Crippen molar-refractivity contribution in [1.82, 2.24) is 0 Å². The second-order valence-electron chi connectivity index (χ2n) is 3.44. The van der Waals surface area contributed by atoms with Crippen LogP contribution < -0.4 is 4.90 Å². The van der Waals surface area contributed by atoms with Gasteiger partial charge in [0.15, 0.2) is 0 Å². The number of fused-ring (bicyclic) bond motifs is 1. The summed E-state index contributed by atoms with van der Waals surface area (Å²) in [5.74, 6) is 0. The van der Waals surface area contributed by atoms with Gasteiger partial charge in [0.25, 0.3) is 5.69 Å². The molecular formula is C9H7F3N2O2. The molecule has 0 saturated carbocycles. The third-order valence-electron chi connectivity index (χ3n) is 2.48. The van der Waals surface area contributed by atoms with Crippen molar-refractivity contribution in [3.05, 3.63) is 33.9 Å². The number of nitrogens with zero attached hydrogens (tertiary/aromatic N) is 2. The molecular weight excluding hydrogens is 225 g/mol. The van der Waals surface area contributed by atoms with Crippen LogP contribution in [0, 0.1) is 10.1 Å². The van der Waals surface area contributed by atoms with E-state index < -0.39 is 11.2 Å². The molecule has 0 saturated heterocycles. The van der Waals surface area contributed by atoms with E-state index in [1.165, 1.54) is 6.07 Å². The molecule has 0 fully saturated rings. The lowest BCUT2D eigenvalue weighted by Gasteiger charge is -2.21. The van der Waals surface area contributed by atoms with E-state index in [9.17, 15) is 23.3 Å². The molecule has 0 N–H and O–H groups in total. The van der Waals surface area contributed by atoms with Crippen molar-refractivity contribution < 1.29 is 18.1 Å². The summed E-state index contributed by atoms with van der Waals surface area (Å²) >= 11 is 0. The van der Waals surface area contributed by atoms with Crippen molar-refractivity contribution >= 4 is 11.4 Å². The molecule has 0 aromatic heterocycles. The van der Waals surface area contributed by atoms with E-state index in [1.54, 1.807) is 0 Å². The Morgan fingerprint density at radius 3 is 2.62 bits per heavy atom. The summed E-state index contributed by atoms with van der Waals surface area (Å²) in [5, 5.41) is 10.4. The standard InChI is InChI=1S/C9H7F3N2O2/c10-9(11,12)13-4-3-6-5-7(14(15)16)1-2-8(6)13/h1-2,5H,3-4H2. The van der Waals surface area contributed by atoms with Gasteiger partial charge in [-0.15, -0.1) is 0 Å². The maximum atomic E-state index is 12.5. The number of rotatable bonds is 1. The molecule has 0 spiro atoms. The van der Waals surface area contributed by atoms with Crippen LogP contribution in [0.3, 0.4) is 0 Å². The number of halogens is 3. The summed E-state index contributed by atoms with van der Waals surface area (Å²) in [6.45, 7) is -0.181. The summed E-state index contributed by atoms with van der Waals surface area (Å²) in [4.78, 5) is 10.1. The van der Waals surface area contributed by atoms with Gasteiger partial charge in [-0.3, -0.25) is 15.0 Å². The van der Waals surface area contributed by atoms with Gasteiger partial charge in [0, 0.05) is 24.4 Å².